The second-order valence-corrected chi connectivity index (χ2v) is 9.81. The standard InChI is InChI=1S/C19H14Cl2I2O4/c20-19(21)13(9-26-17(24)11-5-1-3-7-15(11)22)14(19)10-27-18(25)12-6-2-4-8-16(12)23/h1-8,13-14H,9-10H2/t13-,14-/m0/s1. The van der Waals surface area contributed by atoms with Gasteiger partial charge in [0.2, 0.25) is 0 Å². The molecular weight excluding hydrogens is 617 g/mol. The Balaban J connectivity index is 1.53. The van der Waals surface area contributed by atoms with Crippen molar-refractivity contribution in [1.29, 1.82) is 0 Å². The van der Waals surface area contributed by atoms with Crippen LogP contribution in [-0.4, -0.2) is 29.5 Å². The van der Waals surface area contributed by atoms with E-state index in [0.717, 1.165) is 7.14 Å². The number of rotatable bonds is 6. The van der Waals surface area contributed by atoms with Crippen LogP contribution < -0.4 is 0 Å². The van der Waals surface area contributed by atoms with Crippen LogP contribution in [-0.2, 0) is 9.47 Å². The summed E-state index contributed by atoms with van der Waals surface area (Å²) in [6.07, 6.45) is 0. The van der Waals surface area contributed by atoms with Crippen molar-refractivity contribution in [1.82, 2.24) is 0 Å². The summed E-state index contributed by atoms with van der Waals surface area (Å²) in [4.78, 5) is 24.4. The highest BCUT2D eigenvalue weighted by Crippen LogP contribution is 2.59. The summed E-state index contributed by atoms with van der Waals surface area (Å²) in [5.74, 6) is -1.42. The highest BCUT2D eigenvalue weighted by molar-refractivity contribution is 14.1. The van der Waals surface area contributed by atoms with Gasteiger partial charge in [0.1, 0.15) is 4.33 Å². The average Bonchev–Trinajstić information content (AvgIpc) is 3.17. The van der Waals surface area contributed by atoms with Gasteiger partial charge in [0.15, 0.2) is 0 Å². The molecule has 0 unspecified atom stereocenters. The van der Waals surface area contributed by atoms with Crippen LogP contribution in [0.15, 0.2) is 48.5 Å². The van der Waals surface area contributed by atoms with Crippen molar-refractivity contribution in [3.63, 3.8) is 0 Å². The molecular formula is C19H14Cl2I2O4. The summed E-state index contributed by atoms with van der Waals surface area (Å²) in [6.45, 7) is 0.143. The Labute approximate surface area is 194 Å². The zero-order valence-electron chi connectivity index (χ0n) is 13.8. The van der Waals surface area contributed by atoms with Crippen LogP contribution >= 0.6 is 68.4 Å². The van der Waals surface area contributed by atoms with Gasteiger partial charge in [-0.05, 0) is 69.4 Å². The maximum atomic E-state index is 12.2. The van der Waals surface area contributed by atoms with Gasteiger partial charge in [-0.3, -0.25) is 0 Å². The summed E-state index contributed by atoms with van der Waals surface area (Å²) >= 11 is 16.7. The molecule has 1 aliphatic rings. The van der Waals surface area contributed by atoms with Crippen LogP contribution in [0, 0.1) is 19.0 Å². The Morgan fingerprint density at radius 3 is 1.56 bits per heavy atom. The predicted molar refractivity (Wildman–Crippen MR) is 120 cm³/mol. The maximum Gasteiger partial charge on any atom is 0.339 e. The van der Waals surface area contributed by atoms with Crippen molar-refractivity contribution in [2.24, 2.45) is 11.8 Å². The predicted octanol–water partition coefficient (Wildman–Crippen LogP) is 5.33. The molecule has 0 bridgehead atoms. The lowest BCUT2D eigenvalue weighted by atomic mass is 10.2. The highest BCUT2D eigenvalue weighted by atomic mass is 127. The van der Waals surface area contributed by atoms with Gasteiger partial charge in [-0.15, -0.1) is 23.2 Å². The van der Waals surface area contributed by atoms with E-state index in [0.29, 0.717) is 11.1 Å². The molecule has 2 atom stereocenters. The molecule has 0 heterocycles. The number of halogens is 4. The Morgan fingerprint density at radius 2 is 1.19 bits per heavy atom. The van der Waals surface area contributed by atoms with Crippen LogP contribution in [0.3, 0.4) is 0 Å². The molecule has 4 nitrogen and oxygen atoms in total. The number of ether oxygens (including phenoxy) is 2. The van der Waals surface area contributed by atoms with Gasteiger partial charge in [-0.1, -0.05) is 24.3 Å². The number of alkyl halides is 2. The molecule has 142 valence electrons. The molecule has 1 fully saturated rings. The summed E-state index contributed by atoms with van der Waals surface area (Å²) in [6, 6.07) is 14.3. The van der Waals surface area contributed by atoms with Crippen molar-refractivity contribution >= 4 is 80.3 Å². The van der Waals surface area contributed by atoms with Gasteiger partial charge >= 0.3 is 11.9 Å². The fraction of sp³-hybridized carbons (Fsp3) is 0.263. The van der Waals surface area contributed by atoms with E-state index < -0.39 is 16.3 Å². The van der Waals surface area contributed by atoms with E-state index in [1.165, 1.54) is 0 Å². The lowest BCUT2D eigenvalue weighted by Gasteiger charge is -2.07. The third-order valence-electron chi connectivity index (χ3n) is 4.34. The van der Waals surface area contributed by atoms with Crippen molar-refractivity contribution in [2.45, 2.75) is 4.33 Å². The molecule has 0 radical (unpaired) electrons. The molecule has 0 aromatic heterocycles. The normalized spacial score (nSPS) is 20.0. The quantitative estimate of drug-likeness (QED) is 0.246. The lowest BCUT2D eigenvalue weighted by molar-refractivity contribution is 0.0418. The van der Waals surface area contributed by atoms with Crippen LogP contribution in [0.4, 0.5) is 0 Å². The first-order valence-corrected chi connectivity index (χ1v) is 10.9. The van der Waals surface area contributed by atoms with Crippen LogP contribution in [0.2, 0.25) is 0 Å². The number of carbonyl (C=O) groups is 2. The molecule has 0 aliphatic heterocycles. The topological polar surface area (TPSA) is 52.6 Å². The van der Waals surface area contributed by atoms with Crippen molar-refractivity contribution < 1.29 is 19.1 Å². The Bertz CT molecular complexity index is 803. The molecule has 2 aromatic rings. The van der Waals surface area contributed by atoms with Crippen LogP contribution in [0.1, 0.15) is 20.7 Å². The van der Waals surface area contributed by atoms with Crippen molar-refractivity contribution in [3.05, 3.63) is 66.8 Å². The third-order valence-corrected chi connectivity index (χ3v) is 7.34. The first-order chi connectivity index (χ1) is 12.8. The largest absolute Gasteiger partial charge is 0.462 e. The van der Waals surface area contributed by atoms with Gasteiger partial charge < -0.3 is 9.47 Å². The summed E-state index contributed by atoms with van der Waals surface area (Å²) in [7, 11) is 0. The number of benzene rings is 2. The molecule has 27 heavy (non-hydrogen) atoms. The van der Waals surface area contributed by atoms with E-state index >= 15 is 0 Å². The van der Waals surface area contributed by atoms with Gasteiger partial charge in [-0.25, -0.2) is 9.59 Å². The highest BCUT2D eigenvalue weighted by Gasteiger charge is 2.64. The lowest BCUT2D eigenvalue weighted by Crippen LogP contribution is -2.12. The monoisotopic (exact) mass is 630 g/mol. The number of esters is 2. The smallest absolute Gasteiger partial charge is 0.339 e. The van der Waals surface area contributed by atoms with E-state index in [1.807, 2.05) is 24.3 Å². The first kappa shape index (κ1) is 21.1. The van der Waals surface area contributed by atoms with Crippen LogP contribution in [0.5, 0.6) is 0 Å². The minimum Gasteiger partial charge on any atom is -0.462 e. The molecule has 8 heteroatoms. The zero-order chi connectivity index (χ0) is 19.6. The zero-order valence-corrected chi connectivity index (χ0v) is 19.7. The Kier molecular flexibility index (Phi) is 6.92. The molecule has 1 saturated carbocycles. The average molecular weight is 631 g/mol. The minimum absolute atomic E-state index is 0.0713. The molecule has 3 rings (SSSR count). The second-order valence-electron chi connectivity index (χ2n) is 6.04. The molecule has 0 spiro atoms. The summed E-state index contributed by atoms with van der Waals surface area (Å²) in [5, 5.41) is 0. The summed E-state index contributed by atoms with van der Waals surface area (Å²) < 4.78 is 11.2. The summed E-state index contributed by atoms with van der Waals surface area (Å²) in [5.41, 5.74) is 0.991. The van der Waals surface area contributed by atoms with Gasteiger partial charge in [0.05, 0.1) is 24.3 Å². The number of hydrogen-bond acceptors (Lipinski definition) is 4. The van der Waals surface area contributed by atoms with Gasteiger partial charge in [0, 0.05) is 19.0 Å². The molecule has 0 N–H and O–H groups in total. The SMILES string of the molecule is O=C(OC[C@H]1[C@H](COC(=O)c2ccccc2I)C1(Cl)Cl)c1ccccc1I. The fourth-order valence-electron chi connectivity index (χ4n) is 2.66. The Hall–Kier alpha value is -0.580. The third kappa shape index (κ3) is 4.89. The van der Waals surface area contributed by atoms with Crippen molar-refractivity contribution in [3.8, 4) is 0 Å². The molecule has 1 aliphatic carbocycles. The minimum atomic E-state index is -1.08. The van der Waals surface area contributed by atoms with E-state index in [4.69, 9.17) is 32.7 Å². The number of carbonyl (C=O) groups excluding carboxylic acids is 2. The van der Waals surface area contributed by atoms with Gasteiger partial charge in [-0.2, -0.15) is 0 Å². The van der Waals surface area contributed by atoms with E-state index in [-0.39, 0.29) is 25.0 Å². The van der Waals surface area contributed by atoms with Gasteiger partial charge in [0.25, 0.3) is 0 Å². The molecule has 0 saturated heterocycles. The molecule has 0 amide bonds. The van der Waals surface area contributed by atoms with E-state index in [1.54, 1.807) is 24.3 Å². The first-order valence-electron chi connectivity index (χ1n) is 8.03. The molecule has 2 aromatic carbocycles. The second kappa shape index (κ2) is 8.84. The number of hydrogen-bond donors (Lipinski definition) is 0. The fourth-order valence-corrected chi connectivity index (χ4v) is 4.60. The van der Waals surface area contributed by atoms with Crippen molar-refractivity contribution in [2.75, 3.05) is 13.2 Å². The Morgan fingerprint density at radius 1 is 0.815 bits per heavy atom. The maximum absolute atomic E-state index is 12.2. The van der Waals surface area contributed by atoms with E-state index in [9.17, 15) is 9.59 Å². The van der Waals surface area contributed by atoms with Crippen LogP contribution in [0.25, 0.3) is 0 Å². The van der Waals surface area contributed by atoms with E-state index in [2.05, 4.69) is 45.2 Å².